The molecule has 6 nitrogen and oxygen atoms in total. The lowest BCUT2D eigenvalue weighted by atomic mass is 10.2. The van der Waals surface area contributed by atoms with Crippen molar-refractivity contribution in [3.05, 3.63) is 53.5 Å². The number of rotatable bonds is 3. The molecule has 0 spiro atoms. The molecule has 1 N–H and O–H groups in total. The maximum absolute atomic E-state index is 13.5. The summed E-state index contributed by atoms with van der Waals surface area (Å²) in [5.74, 6) is 1.07. The van der Waals surface area contributed by atoms with Gasteiger partial charge >= 0.3 is 6.03 Å². The van der Waals surface area contributed by atoms with Crippen LogP contribution in [0.25, 0.3) is 0 Å². The van der Waals surface area contributed by atoms with Crippen molar-refractivity contribution in [1.29, 1.82) is 0 Å². The predicted molar refractivity (Wildman–Crippen MR) is 80.1 cm³/mol. The van der Waals surface area contributed by atoms with Crippen molar-refractivity contribution in [3.8, 4) is 0 Å². The van der Waals surface area contributed by atoms with E-state index in [-0.39, 0.29) is 24.4 Å². The van der Waals surface area contributed by atoms with Crippen molar-refractivity contribution in [3.63, 3.8) is 0 Å². The molecule has 23 heavy (non-hydrogen) atoms. The molecule has 1 aliphatic rings. The van der Waals surface area contributed by atoms with Gasteiger partial charge in [0, 0.05) is 12.7 Å². The number of pyridine rings is 1. The average Bonchev–Trinajstić information content (AvgIpc) is 3.00. The molecule has 3 rings (SSSR count). The first-order valence-corrected chi connectivity index (χ1v) is 7.43. The number of nitrogens with zero attached hydrogens (tertiary/aromatic N) is 2. The molecule has 0 unspecified atom stereocenters. The molecule has 7 heteroatoms. The molecule has 2 amide bonds. The van der Waals surface area contributed by atoms with E-state index in [2.05, 4.69) is 10.3 Å². The number of carbonyl (C=O) groups excluding carboxylic acids is 1. The molecule has 1 aliphatic heterocycles. The number of aryl methyl sites for hydroxylation is 1. The van der Waals surface area contributed by atoms with Crippen LogP contribution in [0.15, 0.2) is 34.9 Å². The van der Waals surface area contributed by atoms with Crippen LogP contribution in [0.2, 0.25) is 0 Å². The summed E-state index contributed by atoms with van der Waals surface area (Å²) >= 11 is 0. The van der Waals surface area contributed by atoms with Crippen LogP contribution in [0.1, 0.15) is 23.3 Å². The molecule has 1 fully saturated rings. The Hall–Kier alpha value is -2.41. The van der Waals surface area contributed by atoms with Gasteiger partial charge in [0.1, 0.15) is 23.4 Å². The smallest absolute Gasteiger partial charge is 0.317 e. The normalized spacial score (nSPS) is 18.0. The monoisotopic (exact) mass is 319 g/mol. The number of urea groups is 1. The summed E-state index contributed by atoms with van der Waals surface area (Å²) in [7, 11) is 0. The second kappa shape index (κ2) is 6.78. The quantitative estimate of drug-likeness (QED) is 0.943. The molecule has 2 aromatic rings. The maximum Gasteiger partial charge on any atom is 0.317 e. The number of hydrogen-bond acceptors (Lipinski definition) is 4. The van der Waals surface area contributed by atoms with Crippen LogP contribution in [0, 0.1) is 12.7 Å². The van der Waals surface area contributed by atoms with Gasteiger partial charge in [-0.2, -0.15) is 0 Å². The lowest BCUT2D eigenvalue weighted by Gasteiger charge is -2.32. The zero-order valence-electron chi connectivity index (χ0n) is 12.8. The van der Waals surface area contributed by atoms with Gasteiger partial charge in [0.15, 0.2) is 0 Å². The van der Waals surface area contributed by atoms with Gasteiger partial charge in [-0.25, -0.2) is 9.18 Å². The Labute approximate surface area is 133 Å². The number of amides is 2. The van der Waals surface area contributed by atoms with E-state index in [1.165, 1.54) is 18.3 Å². The Morgan fingerprint density at radius 3 is 3.09 bits per heavy atom. The van der Waals surface area contributed by atoms with Crippen LogP contribution in [-0.2, 0) is 11.3 Å². The van der Waals surface area contributed by atoms with Crippen molar-refractivity contribution in [2.75, 3.05) is 19.7 Å². The van der Waals surface area contributed by atoms with E-state index >= 15 is 0 Å². The first kappa shape index (κ1) is 15.5. The second-order valence-corrected chi connectivity index (χ2v) is 5.34. The topological polar surface area (TPSA) is 67.6 Å². The maximum atomic E-state index is 13.5. The summed E-state index contributed by atoms with van der Waals surface area (Å²) in [6.07, 6.45) is 1.21. The Morgan fingerprint density at radius 1 is 1.48 bits per heavy atom. The van der Waals surface area contributed by atoms with E-state index in [4.69, 9.17) is 9.15 Å². The third kappa shape index (κ3) is 3.68. The second-order valence-electron chi connectivity index (χ2n) is 5.34. The molecule has 0 saturated carbocycles. The molecule has 0 aromatic carbocycles. The molecule has 0 radical (unpaired) electrons. The number of hydrogen-bond donors (Lipinski definition) is 1. The highest BCUT2D eigenvalue weighted by Gasteiger charge is 2.27. The van der Waals surface area contributed by atoms with Crippen LogP contribution >= 0.6 is 0 Å². The van der Waals surface area contributed by atoms with Gasteiger partial charge in [-0.05, 0) is 31.2 Å². The largest absolute Gasteiger partial charge is 0.464 e. The molecule has 3 heterocycles. The Morgan fingerprint density at radius 2 is 2.35 bits per heavy atom. The molecule has 0 bridgehead atoms. The zero-order chi connectivity index (χ0) is 16.2. The Kier molecular flexibility index (Phi) is 4.57. The summed E-state index contributed by atoms with van der Waals surface area (Å²) in [6, 6.07) is 6.27. The fourth-order valence-electron chi connectivity index (χ4n) is 2.45. The van der Waals surface area contributed by atoms with Crippen LogP contribution in [0.4, 0.5) is 9.18 Å². The molecular formula is C16H18FN3O3. The minimum absolute atomic E-state index is 0.0490. The lowest BCUT2D eigenvalue weighted by Crippen LogP contribution is -2.47. The van der Waals surface area contributed by atoms with Gasteiger partial charge in [-0.1, -0.05) is 0 Å². The van der Waals surface area contributed by atoms with E-state index in [0.29, 0.717) is 25.5 Å². The average molecular weight is 319 g/mol. The standard InChI is InChI=1S/C16H18FN3O3/c1-11-4-5-14(23-11)15-10-20(7-8-22-15)16(21)19-9-13-12(17)3-2-6-18-13/h2-6,15H,7-10H2,1H3,(H,19,21)/t15-/m0/s1. The first-order valence-electron chi connectivity index (χ1n) is 7.43. The van der Waals surface area contributed by atoms with Crippen LogP contribution in [0.5, 0.6) is 0 Å². The van der Waals surface area contributed by atoms with Crippen molar-refractivity contribution in [2.24, 2.45) is 0 Å². The number of ether oxygens (including phenoxy) is 1. The minimum atomic E-state index is -0.432. The number of carbonyl (C=O) groups is 1. The van der Waals surface area contributed by atoms with Gasteiger partial charge in [-0.15, -0.1) is 0 Å². The molecule has 1 saturated heterocycles. The van der Waals surface area contributed by atoms with E-state index < -0.39 is 5.82 Å². The number of nitrogens with one attached hydrogen (secondary N) is 1. The van der Waals surface area contributed by atoms with Crippen molar-refractivity contribution >= 4 is 6.03 Å². The summed E-state index contributed by atoms with van der Waals surface area (Å²) in [5, 5.41) is 2.69. The van der Waals surface area contributed by atoms with Crippen LogP contribution in [-0.4, -0.2) is 35.6 Å². The minimum Gasteiger partial charge on any atom is -0.464 e. The molecular weight excluding hydrogens is 301 g/mol. The Bertz CT molecular complexity index is 689. The summed E-state index contributed by atoms with van der Waals surface area (Å²) < 4.78 is 24.7. The van der Waals surface area contributed by atoms with E-state index in [0.717, 1.165) is 5.76 Å². The van der Waals surface area contributed by atoms with Gasteiger partial charge in [0.25, 0.3) is 0 Å². The van der Waals surface area contributed by atoms with Gasteiger partial charge in [0.2, 0.25) is 0 Å². The molecule has 0 aliphatic carbocycles. The van der Waals surface area contributed by atoms with Gasteiger partial charge in [0.05, 0.1) is 25.4 Å². The number of aromatic nitrogens is 1. The fourth-order valence-corrected chi connectivity index (χ4v) is 2.45. The number of morpholine rings is 1. The third-order valence-corrected chi connectivity index (χ3v) is 3.67. The first-order chi connectivity index (χ1) is 11.1. The van der Waals surface area contributed by atoms with Crippen LogP contribution < -0.4 is 5.32 Å². The highest BCUT2D eigenvalue weighted by molar-refractivity contribution is 5.74. The number of halogens is 1. The third-order valence-electron chi connectivity index (χ3n) is 3.67. The molecule has 1 atom stereocenters. The number of furan rings is 1. The summed E-state index contributed by atoms with van der Waals surface area (Å²) in [5.41, 5.74) is 0.215. The highest BCUT2D eigenvalue weighted by Crippen LogP contribution is 2.24. The predicted octanol–water partition coefficient (Wildman–Crippen LogP) is 2.41. The van der Waals surface area contributed by atoms with E-state index in [1.54, 1.807) is 4.90 Å². The SMILES string of the molecule is Cc1ccc([C@@H]2CN(C(=O)NCc3ncccc3F)CCO2)o1. The van der Waals surface area contributed by atoms with E-state index in [1.807, 2.05) is 19.1 Å². The van der Waals surface area contributed by atoms with E-state index in [9.17, 15) is 9.18 Å². The molecule has 2 aromatic heterocycles. The van der Waals surface area contributed by atoms with Gasteiger partial charge < -0.3 is 19.4 Å². The Balaban J connectivity index is 1.58. The summed E-state index contributed by atoms with van der Waals surface area (Å²) in [4.78, 5) is 17.8. The van der Waals surface area contributed by atoms with Crippen molar-refractivity contribution in [1.82, 2.24) is 15.2 Å². The fraction of sp³-hybridized carbons (Fsp3) is 0.375. The lowest BCUT2D eigenvalue weighted by molar-refractivity contribution is -0.0263. The van der Waals surface area contributed by atoms with Gasteiger partial charge in [-0.3, -0.25) is 4.98 Å². The zero-order valence-corrected chi connectivity index (χ0v) is 12.8. The van der Waals surface area contributed by atoms with Crippen molar-refractivity contribution < 1.29 is 18.3 Å². The highest BCUT2D eigenvalue weighted by atomic mass is 19.1. The van der Waals surface area contributed by atoms with Crippen LogP contribution in [0.3, 0.4) is 0 Å². The van der Waals surface area contributed by atoms with Crippen molar-refractivity contribution in [2.45, 2.75) is 19.6 Å². The summed E-state index contributed by atoms with van der Waals surface area (Å²) in [6.45, 7) is 3.21. The molecule has 122 valence electrons.